The number of piperidine rings is 1. The molecule has 31 heavy (non-hydrogen) atoms. The molecule has 164 valence electrons. The summed E-state index contributed by atoms with van der Waals surface area (Å²) in [5, 5.41) is 5.31. The summed E-state index contributed by atoms with van der Waals surface area (Å²) >= 11 is 6.06. The van der Waals surface area contributed by atoms with Crippen molar-refractivity contribution in [3.05, 3.63) is 58.7 Å². The van der Waals surface area contributed by atoms with Gasteiger partial charge in [-0.05, 0) is 68.6 Å². The maximum atomic E-state index is 11.9. The molecule has 8 heteroatoms. The Morgan fingerprint density at radius 1 is 1.13 bits per heavy atom. The summed E-state index contributed by atoms with van der Waals surface area (Å²) in [4.78, 5) is 11.8. The van der Waals surface area contributed by atoms with Crippen LogP contribution < -0.4 is 10.2 Å². The van der Waals surface area contributed by atoms with Crippen LogP contribution in [0.4, 0.5) is 5.95 Å². The van der Waals surface area contributed by atoms with E-state index >= 15 is 0 Å². The molecule has 1 aliphatic rings. The van der Waals surface area contributed by atoms with E-state index in [1.54, 1.807) is 18.2 Å². The Morgan fingerprint density at radius 2 is 1.90 bits per heavy atom. The summed E-state index contributed by atoms with van der Waals surface area (Å²) in [5.41, 5.74) is 2.78. The molecule has 0 unspecified atom stereocenters. The highest BCUT2D eigenvalue weighted by atomic mass is 35.5. The van der Waals surface area contributed by atoms with Gasteiger partial charge in [-0.3, -0.25) is 0 Å². The highest BCUT2D eigenvalue weighted by Crippen LogP contribution is 2.24. The first-order valence-electron chi connectivity index (χ1n) is 10.5. The minimum Gasteiger partial charge on any atom is -0.341 e. The third kappa shape index (κ3) is 5.34. The van der Waals surface area contributed by atoms with E-state index in [1.807, 2.05) is 25.1 Å². The van der Waals surface area contributed by atoms with E-state index in [0.29, 0.717) is 17.5 Å². The van der Waals surface area contributed by atoms with E-state index in [9.17, 15) is 8.42 Å². The topological polar surface area (TPSA) is 75.2 Å². The van der Waals surface area contributed by atoms with E-state index < -0.39 is 9.84 Å². The number of benzene rings is 2. The summed E-state index contributed by atoms with van der Waals surface area (Å²) in [6.45, 7) is 4.60. The minimum atomic E-state index is -3.27. The molecule has 0 radical (unpaired) electrons. The molecular formula is C23H27ClN4O2S. The fourth-order valence-electron chi connectivity index (χ4n) is 4.02. The maximum Gasteiger partial charge on any atom is 0.226 e. The van der Waals surface area contributed by atoms with Gasteiger partial charge in [0.05, 0.1) is 16.1 Å². The van der Waals surface area contributed by atoms with Crippen molar-refractivity contribution in [2.24, 2.45) is 0 Å². The number of hydrogen-bond acceptors (Lipinski definition) is 6. The maximum absolute atomic E-state index is 11.9. The number of fused-ring (bicyclic) bond motifs is 1. The molecule has 0 spiro atoms. The number of anilines is 1. The Bertz CT molecular complexity index is 1190. The lowest BCUT2D eigenvalue weighted by Crippen LogP contribution is -2.43. The monoisotopic (exact) mass is 458 g/mol. The summed E-state index contributed by atoms with van der Waals surface area (Å²) in [7, 11) is -3.27. The van der Waals surface area contributed by atoms with Gasteiger partial charge in [0.1, 0.15) is 0 Å². The molecule has 0 aliphatic carbocycles. The average Bonchev–Trinajstić information content (AvgIpc) is 2.73. The Morgan fingerprint density at radius 3 is 2.61 bits per heavy atom. The van der Waals surface area contributed by atoms with Gasteiger partial charge in [-0.25, -0.2) is 18.4 Å². The predicted octanol–water partition coefficient (Wildman–Crippen LogP) is 3.80. The number of hydrogen-bond donors (Lipinski definition) is 1. The molecule has 4 rings (SSSR count). The van der Waals surface area contributed by atoms with Gasteiger partial charge in [0.15, 0.2) is 9.84 Å². The number of aryl methyl sites for hydroxylation is 1. The number of halogens is 1. The van der Waals surface area contributed by atoms with Gasteiger partial charge in [0.25, 0.3) is 0 Å². The number of nitrogens with one attached hydrogen (secondary N) is 1. The Kier molecular flexibility index (Phi) is 6.46. The number of sulfone groups is 1. The zero-order chi connectivity index (χ0) is 22.0. The largest absolute Gasteiger partial charge is 0.341 e. The first-order valence-corrected chi connectivity index (χ1v) is 12.8. The van der Waals surface area contributed by atoms with Crippen LogP contribution in [0.5, 0.6) is 0 Å². The van der Waals surface area contributed by atoms with Crippen LogP contribution in [0, 0.1) is 6.92 Å². The van der Waals surface area contributed by atoms with Crippen LogP contribution in [-0.2, 0) is 16.3 Å². The molecule has 0 bridgehead atoms. The first kappa shape index (κ1) is 22.0. The van der Waals surface area contributed by atoms with Crippen molar-refractivity contribution in [2.75, 3.05) is 30.8 Å². The fraction of sp³-hybridized carbons (Fsp3) is 0.391. The molecule has 0 amide bonds. The zero-order valence-electron chi connectivity index (χ0n) is 17.8. The van der Waals surface area contributed by atoms with Gasteiger partial charge in [-0.2, -0.15) is 0 Å². The molecule has 1 aliphatic heterocycles. The third-order valence-electron chi connectivity index (χ3n) is 5.79. The van der Waals surface area contributed by atoms with Crippen LogP contribution >= 0.6 is 11.6 Å². The van der Waals surface area contributed by atoms with E-state index in [-0.39, 0.29) is 4.90 Å². The van der Waals surface area contributed by atoms with Gasteiger partial charge in [-0.1, -0.05) is 23.7 Å². The van der Waals surface area contributed by atoms with Gasteiger partial charge >= 0.3 is 0 Å². The van der Waals surface area contributed by atoms with Crippen LogP contribution in [0.15, 0.2) is 47.4 Å². The highest BCUT2D eigenvalue weighted by Gasteiger charge is 2.21. The van der Waals surface area contributed by atoms with Crippen molar-refractivity contribution >= 4 is 38.3 Å². The standard InChI is InChI=1S/C23H27ClN4O2S/c1-16-21-7-6-20(31(2,29)30)15-22(21)27-23(26-16)28-12-9-19(10-13-28)25-11-8-17-4-3-5-18(24)14-17/h3-7,14-15,19,25H,8-13H2,1-2H3. The van der Waals surface area contributed by atoms with Gasteiger partial charge in [0.2, 0.25) is 5.95 Å². The molecule has 2 heterocycles. The Hall–Kier alpha value is -2.22. The number of aromatic nitrogens is 2. The van der Waals surface area contributed by atoms with Crippen LogP contribution in [0.3, 0.4) is 0 Å². The van der Waals surface area contributed by atoms with Crippen molar-refractivity contribution in [1.82, 2.24) is 15.3 Å². The fourth-order valence-corrected chi connectivity index (χ4v) is 4.88. The second-order valence-electron chi connectivity index (χ2n) is 8.16. The molecular weight excluding hydrogens is 432 g/mol. The normalized spacial score (nSPS) is 15.5. The molecule has 1 N–H and O–H groups in total. The molecule has 1 fully saturated rings. The first-order chi connectivity index (χ1) is 14.8. The van der Waals surface area contributed by atoms with Crippen molar-refractivity contribution in [3.63, 3.8) is 0 Å². The SMILES string of the molecule is Cc1nc(N2CCC(NCCc3cccc(Cl)c3)CC2)nc2cc(S(C)(=O)=O)ccc12. The minimum absolute atomic E-state index is 0.284. The predicted molar refractivity (Wildman–Crippen MR) is 126 cm³/mol. The summed E-state index contributed by atoms with van der Waals surface area (Å²) in [5.74, 6) is 0.674. The molecule has 2 aromatic carbocycles. The van der Waals surface area contributed by atoms with Crippen LogP contribution in [-0.4, -0.2) is 50.3 Å². The lowest BCUT2D eigenvalue weighted by atomic mass is 10.0. The van der Waals surface area contributed by atoms with Crippen LogP contribution in [0.25, 0.3) is 10.9 Å². The van der Waals surface area contributed by atoms with E-state index in [0.717, 1.165) is 55.0 Å². The van der Waals surface area contributed by atoms with Crippen molar-refractivity contribution < 1.29 is 8.42 Å². The Labute approximate surface area is 188 Å². The molecule has 0 atom stereocenters. The lowest BCUT2D eigenvalue weighted by molar-refractivity contribution is 0.415. The van der Waals surface area contributed by atoms with Crippen LogP contribution in [0.1, 0.15) is 24.1 Å². The number of nitrogens with zero attached hydrogens (tertiary/aromatic N) is 3. The van der Waals surface area contributed by atoms with Gasteiger partial charge < -0.3 is 10.2 Å². The van der Waals surface area contributed by atoms with Crippen LogP contribution in [0.2, 0.25) is 5.02 Å². The van der Waals surface area contributed by atoms with E-state index in [1.165, 1.54) is 11.8 Å². The van der Waals surface area contributed by atoms with E-state index in [4.69, 9.17) is 11.6 Å². The van der Waals surface area contributed by atoms with Gasteiger partial charge in [-0.15, -0.1) is 0 Å². The summed E-state index contributed by atoms with van der Waals surface area (Å²) in [6, 6.07) is 13.5. The number of rotatable bonds is 6. The van der Waals surface area contributed by atoms with Crippen molar-refractivity contribution in [2.45, 2.75) is 37.1 Å². The molecule has 1 saturated heterocycles. The average molecular weight is 459 g/mol. The molecule has 6 nitrogen and oxygen atoms in total. The van der Waals surface area contributed by atoms with Crippen molar-refractivity contribution in [1.29, 1.82) is 0 Å². The molecule has 1 aromatic heterocycles. The lowest BCUT2D eigenvalue weighted by Gasteiger charge is -2.32. The second kappa shape index (κ2) is 9.10. The van der Waals surface area contributed by atoms with Gasteiger partial charge in [0, 0.05) is 35.8 Å². The molecule has 3 aromatic rings. The summed E-state index contributed by atoms with van der Waals surface area (Å²) < 4.78 is 23.8. The van der Waals surface area contributed by atoms with Crippen molar-refractivity contribution in [3.8, 4) is 0 Å². The smallest absolute Gasteiger partial charge is 0.226 e. The van der Waals surface area contributed by atoms with E-state index in [2.05, 4.69) is 26.3 Å². The Balaban J connectivity index is 1.38. The zero-order valence-corrected chi connectivity index (χ0v) is 19.4. The second-order valence-corrected chi connectivity index (χ2v) is 10.6. The quantitative estimate of drug-likeness (QED) is 0.605. The third-order valence-corrected chi connectivity index (χ3v) is 7.13. The molecule has 0 saturated carbocycles. The highest BCUT2D eigenvalue weighted by molar-refractivity contribution is 7.90. The summed E-state index contributed by atoms with van der Waals surface area (Å²) in [6.07, 6.45) is 4.20.